The molecule has 0 bridgehead atoms. The van der Waals surface area contributed by atoms with Gasteiger partial charge in [-0.15, -0.1) is 11.3 Å². The minimum absolute atomic E-state index is 0.101. The molecule has 0 unspecified atom stereocenters. The molecule has 0 aliphatic carbocycles. The topological polar surface area (TPSA) is 87.5 Å². The Hall–Kier alpha value is -2.22. The van der Waals surface area contributed by atoms with Gasteiger partial charge in [0, 0.05) is 19.4 Å². The molecule has 23 heavy (non-hydrogen) atoms. The number of hydrogen-bond donors (Lipinski definition) is 0. The maximum atomic E-state index is 12.6. The average molecular weight is 334 g/mol. The van der Waals surface area contributed by atoms with Crippen molar-refractivity contribution in [2.45, 2.75) is 38.8 Å². The molecule has 8 heteroatoms. The van der Waals surface area contributed by atoms with E-state index < -0.39 is 18.0 Å². The van der Waals surface area contributed by atoms with Crippen molar-refractivity contribution in [3.63, 3.8) is 0 Å². The number of esters is 2. The van der Waals surface area contributed by atoms with Crippen LogP contribution in [0.5, 0.6) is 0 Å². The number of cyclic esters (lactones) is 1. The van der Waals surface area contributed by atoms with Crippen LogP contribution in [0, 0.1) is 6.92 Å². The van der Waals surface area contributed by atoms with Gasteiger partial charge < -0.3 is 9.47 Å². The molecular weight excluding hydrogens is 320 g/mol. The van der Waals surface area contributed by atoms with E-state index in [0.29, 0.717) is 33.6 Å². The number of aromatic nitrogens is 2. The first-order valence-electron chi connectivity index (χ1n) is 7.46. The van der Waals surface area contributed by atoms with Crippen LogP contribution in [-0.2, 0) is 27.2 Å². The Bertz CT molecular complexity index is 897. The van der Waals surface area contributed by atoms with Gasteiger partial charge >= 0.3 is 11.9 Å². The van der Waals surface area contributed by atoms with Crippen LogP contribution in [0.15, 0.2) is 4.79 Å². The zero-order valence-corrected chi connectivity index (χ0v) is 13.3. The van der Waals surface area contributed by atoms with Gasteiger partial charge in [0.05, 0.1) is 12.0 Å². The fraction of sp³-hybridized carbons (Fsp3) is 0.467. The van der Waals surface area contributed by atoms with Gasteiger partial charge in [-0.1, -0.05) is 0 Å². The van der Waals surface area contributed by atoms with E-state index in [4.69, 9.17) is 9.47 Å². The van der Waals surface area contributed by atoms with Gasteiger partial charge in [0.1, 0.15) is 15.5 Å². The summed E-state index contributed by atoms with van der Waals surface area (Å²) in [5.41, 5.74) is 0.469. The average Bonchev–Trinajstić information content (AvgIpc) is 3.20. The molecule has 0 N–H and O–H groups in total. The van der Waals surface area contributed by atoms with Crippen molar-refractivity contribution < 1.29 is 19.1 Å². The van der Waals surface area contributed by atoms with E-state index in [1.165, 1.54) is 0 Å². The molecule has 120 valence electrons. The van der Waals surface area contributed by atoms with Gasteiger partial charge in [-0.3, -0.25) is 9.36 Å². The summed E-state index contributed by atoms with van der Waals surface area (Å²) in [4.78, 5) is 41.7. The van der Waals surface area contributed by atoms with Crippen molar-refractivity contribution in [3.05, 3.63) is 26.6 Å². The molecule has 0 radical (unpaired) electrons. The second-order valence-corrected chi connectivity index (χ2v) is 6.67. The Balaban J connectivity index is 1.75. The smallest absolute Gasteiger partial charge is 0.349 e. The van der Waals surface area contributed by atoms with Crippen LogP contribution in [0.25, 0.3) is 10.2 Å². The number of nitrogens with zero attached hydrogens (tertiary/aromatic N) is 2. The van der Waals surface area contributed by atoms with E-state index in [-0.39, 0.29) is 12.2 Å². The standard InChI is InChI=1S/C15H14N2O5S/c1-7-10-12(16-9-3-2-5-17(9)13(10)18)23-11(7)15(20)22-8-4-6-21-14(8)19/h8H,2-6H2,1H3/t8-/m1/s1. The monoisotopic (exact) mass is 334 g/mol. The summed E-state index contributed by atoms with van der Waals surface area (Å²) in [6.07, 6.45) is 1.20. The summed E-state index contributed by atoms with van der Waals surface area (Å²) >= 11 is 1.15. The highest BCUT2D eigenvalue weighted by Gasteiger charge is 2.32. The van der Waals surface area contributed by atoms with E-state index in [1.54, 1.807) is 11.5 Å². The van der Waals surface area contributed by atoms with Crippen molar-refractivity contribution in [2.75, 3.05) is 6.61 Å². The van der Waals surface area contributed by atoms with Crippen molar-refractivity contribution in [2.24, 2.45) is 0 Å². The Morgan fingerprint density at radius 2 is 2.26 bits per heavy atom. The number of fused-ring (bicyclic) bond motifs is 2. The highest BCUT2D eigenvalue weighted by atomic mass is 32.1. The van der Waals surface area contributed by atoms with Crippen molar-refractivity contribution in [3.8, 4) is 0 Å². The maximum Gasteiger partial charge on any atom is 0.349 e. The zero-order valence-electron chi connectivity index (χ0n) is 12.5. The van der Waals surface area contributed by atoms with Gasteiger partial charge in [-0.05, 0) is 18.9 Å². The largest absolute Gasteiger partial charge is 0.463 e. The number of carbonyl (C=O) groups excluding carboxylic acids is 2. The molecule has 7 nitrogen and oxygen atoms in total. The second kappa shape index (κ2) is 5.16. The summed E-state index contributed by atoms with van der Waals surface area (Å²) in [6, 6.07) is 0. The molecule has 0 amide bonds. The van der Waals surface area contributed by atoms with Gasteiger partial charge in [0.15, 0.2) is 0 Å². The molecule has 1 atom stereocenters. The first kappa shape index (κ1) is 14.4. The summed E-state index contributed by atoms with van der Waals surface area (Å²) in [5.74, 6) is -0.351. The molecule has 2 aliphatic rings. The van der Waals surface area contributed by atoms with Gasteiger partial charge in [0.25, 0.3) is 5.56 Å². The molecule has 2 aromatic rings. The number of thiophene rings is 1. The molecule has 0 saturated carbocycles. The van der Waals surface area contributed by atoms with Gasteiger partial charge in [-0.2, -0.15) is 0 Å². The Labute approximate surface area is 134 Å². The lowest BCUT2D eigenvalue weighted by Gasteiger charge is -2.07. The molecular formula is C15H14N2O5S. The minimum Gasteiger partial charge on any atom is -0.463 e. The first-order valence-corrected chi connectivity index (χ1v) is 8.28. The molecule has 0 aromatic carbocycles. The number of aryl methyl sites for hydroxylation is 2. The molecule has 2 aromatic heterocycles. The van der Waals surface area contributed by atoms with Crippen LogP contribution in [0.3, 0.4) is 0 Å². The fourth-order valence-electron chi connectivity index (χ4n) is 3.04. The Morgan fingerprint density at radius 3 is 3.00 bits per heavy atom. The highest BCUT2D eigenvalue weighted by molar-refractivity contribution is 7.20. The number of rotatable bonds is 2. The van der Waals surface area contributed by atoms with E-state index in [2.05, 4.69) is 4.98 Å². The third-order valence-electron chi connectivity index (χ3n) is 4.23. The molecule has 4 rings (SSSR count). The number of carbonyl (C=O) groups is 2. The van der Waals surface area contributed by atoms with Gasteiger partial charge in [-0.25, -0.2) is 14.6 Å². The molecule has 1 saturated heterocycles. The summed E-state index contributed by atoms with van der Waals surface area (Å²) in [6.45, 7) is 2.64. The normalized spacial score (nSPS) is 19.9. The summed E-state index contributed by atoms with van der Waals surface area (Å²) in [5, 5.41) is 0.474. The predicted octanol–water partition coefficient (Wildman–Crippen LogP) is 1.18. The number of hydrogen-bond acceptors (Lipinski definition) is 7. The Kier molecular flexibility index (Phi) is 3.22. The van der Waals surface area contributed by atoms with Crippen molar-refractivity contribution >= 4 is 33.5 Å². The fourth-order valence-corrected chi connectivity index (χ4v) is 4.11. The van der Waals surface area contributed by atoms with Crippen molar-refractivity contribution in [1.82, 2.24) is 9.55 Å². The second-order valence-electron chi connectivity index (χ2n) is 5.67. The SMILES string of the molecule is Cc1c(C(=O)O[C@@H]2CCOC2=O)sc2nc3n(c(=O)c12)CCC3. The van der Waals surface area contributed by atoms with E-state index >= 15 is 0 Å². The van der Waals surface area contributed by atoms with Crippen LogP contribution in [0.4, 0.5) is 0 Å². The molecule has 1 fully saturated rings. The quantitative estimate of drug-likeness (QED) is 0.767. The minimum atomic E-state index is -0.855. The maximum absolute atomic E-state index is 12.6. The predicted molar refractivity (Wildman–Crippen MR) is 81.7 cm³/mol. The van der Waals surface area contributed by atoms with E-state index in [0.717, 1.165) is 30.0 Å². The van der Waals surface area contributed by atoms with Crippen LogP contribution in [0.2, 0.25) is 0 Å². The molecule has 0 spiro atoms. The van der Waals surface area contributed by atoms with Crippen LogP contribution >= 0.6 is 11.3 Å². The lowest BCUT2D eigenvalue weighted by molar-refractivity contribution is -0.145. The molecule has 4 heterocycles. The third kappa shape index (κ3) is 2.16. The third-order valence-corrected chi connectivity index (χ3v) is 5.40. The zero-order chi connectivity index (χ0) is 16.1. The summed E-state index contributed by atoms with van der Waals surface area (Å²) < 4.78 is 11.7. The first-order chi connectivity index (χ1) is 11.1. The summed E-state index contributed by atoms with van der Waals surface area (Å²) in [7, 11) is 0. The lowest BCUT2D eigenvalue weighted by atomic mass is 10.2. The van der Waals surface area contributed by atoms with Crippen LogP contribution in [0.1, 0.15) is 33.9 Å². The highest BCUT2D eigenvalue weighted by Crippen LogP contribution is 2.29. The van der Waals surface area contributed by atoms with Crippen LogP contribution < -0.4 is 5.56 Å². The Morgan fingerprint density at radius 1 is 1.43 bits per heavy atom. The van der Waals surface area contributed by atoms with E-state index in [9.17, 15) is 14.4 Å². The number of ether oxygens (including phenoxy) is 2. The molecule has 2 aliphatic heterocycles. The van der Waals surface area contributed by atoms with Gasteiger partial charge in [0.2, 0.25) is 6.10 Å². The lowest BCUT2D eigenvalue weighted by Crippen LogP contribution is -2.23. The van der Waals surface area contributed by atoms with Crippen LogP contribution in [-0.4, -0.2) is 34.2 Å². The van der Waals surface area contributed by atoms with Crippen molar-refractivity contribution in [1.29, 1.82) is 0 Å². The van der Waals surface area contributed by atoms with E-state index in [1.807, 2.05) is 0 Å².